The Balaban J connectivity index is 2.48. The quantitative estimate of drug-likeness (QED) is 0.470. The first-order chi connectivity index (χ1) is 8.58. The van der Waals surface area contributed by atoms with Crippen LogP contribution in [0.25, 0.3) is 11.0 Å². The van der Waals surface area contributed by atoms with Crippen LogP contribution >= 0.6 is 0 Å². The van der Waals surface area contributed by atoms with Crippen LogP contribution in [0.4, 0.5) is 0 Å². The van der Waals surface area contributed by atoms with Crippen LogP contribution in [0.1, 0.15) is 10.4 Å². The van der Waals surface area contributed by atoms with E-state index in [-0.39, 0.29) is 11.3 Å². The van der Waals surface area contributed by atoms with E-state index in [0.29, 0.717) is 5.58 Å². The average molecular weight is 243 g/mol. The van der Waals surface area contributed by atoms with Crippen molar-refractivity contribution in [2.75, 3.05) is 14.1 Å². The van der Waals surface area contributed by atoms with Crippen LogP contribution in [0.3, 0.4) is 0 Å². The van der Waals surface area contributed by atoms with E-state index in [1.165, 1.54) is 6.08 Å². The van der Waals surface area contributed by atoms with Crippen LogP contribution in [0.2, 0.25) is 0 Å². The number of para-hydroxylation sites is 1. The van der Waals surface area contributed by atoms with Gasteiger partial charge >= 0.3 is 5.63 Å². The standard InChI is InChI=1S/C14H13NO3/c1-15(2)8-7-12(16)11-9-10-5-3-4-6-13(10)18-14(11)17/h3-9H,1-2H3/b8-7-. The zero-order chi connectivity index (χ0) is 13.1. The minimum absolute atomic E-state index is 0.0480. The smallest absolute Gasteiger partial charge is 0.347 e. The Kier molecular flexibility index (Phi) is 3.28. The summed E-state index contributed by atoms with van der Waals surface area (Å²) in [6, 6.07) is 8.65. The maximum atomic E-state index is 11.8. The van der Waals surface area contributed by atoms with Crippen molar-refractivity contribution in [3.8, 4) is 0 Å². The number of carbonyl (C=O) groups is 1. The summed E-state index contributed by atoms with van der Waals surface area (Å²) in [4.78, 5) is 25.2. The molecule has 0 unspecified atom stereocenters. The van der Waals surface area contributed by atoms with Crippen molar-refractivity contribution in [1.29, 1.82) is 0 Å². The van der Waals surface area contributed by atoms with E-state index in [1.54, 1.807) is 49.5 Å². The maximum Gasteiger partial charge on any atom is 0.347 e. The van der Waals surface area contributed by atoms with E-state index in [2.05, 4.69) is 0 Å². The number of hydrogen-bond donors (Lipinski definition) is 0. The molecule has 0 N–H and O–H groups in total. The van der Waals surface area contributed by atoms with Crippen molar-refractivity contribution in [2.45, 2.75) is 0 Å². The SMILES string of the molecule is CN(C)/C=C\C(=O)c1cc2ccccc2oc1=O. The van der Waals surface area contributed by atoms with Gasteiger partial charge in [-0.1, -0.05) is 18.2 Å². The second-order valence-corrected chi connectivity index (χ2v) is 4.13. The van der Waals surface area contributed by atoms with Crippen LogP contribution < -0.4 is 5.63 Å². The first-order valence-electron chi connectivity index (χ1n) is 5.50. The number of allylic oxidation sites excluding steroid dienone is 1. The lowest BCUT2D eigenvalue weighted by atomic mass is 10.1. The highest BCUT2D eigenvalue weighted by Crippen LogP contribution is 2.12. The van der Waals surface area contributed by atoms with Crippen molar-refractivity contribution in [1.82, 2.24) is 4.90 Å². The van der Waals surface area contributed by atoms with E-state index in [9.17, 15) is 9.59 Å². The molecule has 0 radical (unpaired) electrons. The van der Waals surface area contributed by atoms with Gasteiger partial charge in [0.1, 0.15) is 11.1 Å². The summed E-state index contributed by atoms with van der Waals surface area (Å²) in [6.45, 7) is 0. The molecule has 0 spiro atoms. The highest BCUT2D eigenvalue weighted by molar-refractivity contribution is 6.05. The highest BCUT2D eigenvalue weighted by Gasteiger charge is 2.10. The minimum atomic E-state index is -0.609. The highest BCUT2D eigenvalue weighted by atomic mass is 16.4. The summed E-state index contributed by atoms with van der Waals surface area (Å²) in [7, 11) is 3.60. The van der Waals surface area contributed by atoms with Crippen LogP contribution in [0.15, 0.2) is 51.8 Å². The minimum Gasteiger partial charge on any atom is -0.422 e. The normalized spacial score (nSPS) is 11.0. The number of fused-ring (bicyclic) bond motifs is 1. The maximum absolute atomic E-state index is 11.8. The van der Waals surface area contributed by atoms with E-state index < -0.39 is 5.63 Å². The van der Waals surface area contributed by atoms with Crippen LogP contribution in [0, 0.1) is 0 Å². The molecule has 1 heterocycles. The average Bonchev–Trinajstić information content (AvgIpc) is 2.35. The number of carbonyl (C=O) groups excluding carboxylic acids is 1. The Bertz CT molecular complexity index is 668. The van der Waals surface area contributed by atoms with Gasteiger partial charge in [-0.2, -0.15) is 0 Å². The molecule has 0 aliphatic heterocycles. The van der Waals surface area contributed by atoms with E-state index in [1.807, 2.05) is 6.07 Å². The van der Waals surface area contributed by atoms with Gasteiger partial charge in [-0.3, -0.25) is 4.79 Å². The summed E-state index contributed by atoms with van der Waals surface area (Å²) in [5, 5.41) is 0.735. The van der Waals surface area contributed by atoms with Gasteiger partial charge < -0.3 is 9.32 Å². The molecule has 1 aromatic carbocycles. The molecule has 1 aromatic heterocycles. The van der Waals surface area contributed by atoms with E-state index in [0.717, 1.165) is 5.39 Å². The first kappa shape index (κ1) is 12.1. The molecule has 0 bridgehead atoms. The molecule has 0 saturated carbocycles. The molecule has 0 aliphatic carbocycles. The van der Waals surface area contributed by atoms with Crippen molar-refractivity contribution in [3.05, 3.63) is 58.6 Å². The molecule has 92 valence electrons. The fourth-order valence-electron chi connectivity index (χ4n) is 1.54. The van der Waals surface area contributed by atoms with Gasteiger partial charge in [-0.15, -0.1) is 0 Å². The fourth-order valence-corrected chi connectivity index (χ4v) is 1.54. The summed E-state index contributed by atoms with van der Waals surface area (Å²) in [6.07, 6.45) is 2.94. The third kappa shape index (κ3) is 2.48. The fraction of sp³-hybridized carbons (Fsp3) is 0.143. The predicted octanol–water partition coefficient (Wildman–Crippen LogP) is 2.05. The monoisotopic (exact) mass is 243 g/mol. The molecular weight excluding hydrogens is 230 g/mol. The molecule has 2 aromatic rings. The predicted molar refractivity (Wildman–Crippen MR) is 69.6 cm³/mol. The second kappa shape index (κ2) is 4.87. The van der Waals surface area contributed by atoms with Crippen molar-refractivity contribution < 1.29 is 9.21 Å². The zero-order valence-corrected chi connectivity index (χ0v) is 10.2. The molecule has 18 heavy (non-hydrogen) atoms. The lowest BCUT2D eigenvalue weighted by molar-refractivity contribution is 0.104. The van der Waals surface area contributed by atoms with Crippen LogP contribution in [0.5, 0.6) is 0 Å². The molecular formula is C14H13NO3. The summed E-state index contributed by atoms with van der Waals surface area (Å²) in [5.41, 5.74) is -0.0791. The Morgan fingerprint density at radius 3 is 2.72 bits per heavy atom. The van der Waals surface area contributed by atoms with Gasteiger partial charge in [0.2, 0.25) is 0 Å². The van der Waals surface area contributed by atoms with Gasteiger partial charge in [0.05, 0.1) is 0 Å². The van der Waals surface area contributed by atoms with Crippen LogP contribution in [-0.4, -0.2) is 24.8 Å². The van der Waals surface area contributed by atoms with Gasteiger partial charge in [0, 0.05) is 31.8 Å². The third-order valence-electron chi connectivity index (χ3n) is 2.43. The zero-order valence-electron chi connectivity index (χ0n) is 10.2. The molecule has 0 atom stereocenters. The van der Waals surface area contributed by atoms with Crippen molar-refractivity contribution in [3.63, 3.8) is 0 Å². The largest absolute Gasteiger partial charge is 0.422 e. The summed E-state index contributed by atoms with van der Waals surface area (Å²) in [5.74, 6) is -0.358. The molecule has 4 nitrogen and oxygen atoms in total. The van der Waals surface area contributed by atoms with E-state index in [4.69, 9.17) is 4.42 Å². The number of rotatable bonds is 3. The number of nitrogens with zero attached hydrogens (tertiary/aromatic N) is 1. The molecule has 0 fully saturated rings. The van der Waals surface area contributed by atoms with Crippen molar-refractivity contribution in [2.24, 2.45) is 0 Å². The lowest BCUT2D eigenvalue weighted by Crippen LogP contribution is -2.13. The van der Waals surface area contributed by atoms with Gasteiger partial charge in [-0.25, -0.2) is 4.79 Å². The first-order valence-corrected chi connectivity index (χ1v) is 5.50. The third-order valence-corrected chi connectivity index (χ3v) is 2.43. The summed E-state index contributed by atoms with van der Waals surface area (Å²) >= 11 is 0. The van der Waals surface area contributed by atoms with E-state index >= 15 is 0 Å². The van der Waals surface area contributed by atoms with Crippen molar-refractivity contribution >= 4 is 16.8 Å². The molecule has 0 amide bonds. The molecule has 2 rings (SSSR count). The van der Waals surface area contributed by atoms with Gasteiger partial charge in [-0.05, 0) is 12.1 Å². The Labute approximate surface area is 104 Å². The van der Waals surface area contributed by atoms with Gasteiger partial charge in [0.25, 0.3) is 0 Å². The molecule has 0 saturated heterocycles. The lowest BCUT2D eigenvalue weighted by Gasteiger charge is -2.02. The van der Waals surface area contributed by atoms with Gasteiger partial charge in [0.15, 0.2) is 5.78 Å². The number of benzene rings is 1. The topological polar surface area (TPSA) is 50.5 Å². The molecule has 0 aliphatic rings. The summed E-state index contributed by atoms with van der Waals surface area (Å²) < 4.78 is 5.10. The molecule has 4 heteroatoms. The Morgan fingerprint density at radius 2 is 2.00 bits per heavy atom. The Hall–Kier alpha value is -2.36. The number of ketones is 1. The van der Waals surface area contributed by atoms with Crippen LogP contribution in [-0.2, 0) is 0 Å². The Morgan fingerprint density at radius 1 is 1.28 bits per heavy atom. The second-order valence-electron chi connectivity index (χ2n) is 4.13. The number of hydrogen-bond acceptors (Lipinski definition) is 4.